The number of amides is 1. The molecule has 0 radical (unpaired) electrons. The van der Waals surface area contributed by atoms with Crippen molar-refractivity contribution in [3.05, 3.63) is 83.9 Å². The first-order valence-electron chi connectivity index (χ1n) is 8.54. The van der Waals surface area contributed by atoms with E-state index in [1.807, 2.05) is 0 Å². The Balaban J connectivity index is 1.51. The van der Waals surface area contributed by atoms with Gasteiger partial charge < -0.3 is 15.4 Å². The number of carbonyl (C=O) groups is 1. The van der Waals surface area contributed by atoms with Gasteiger partial charge in [0.25, 0.3) is 5.91 Å². The van der Waals surface area contributed by atoms with Crippen LogP contribution in [0, 0.1) is 5.82 Å². The standard InChI is InChI=1S/C21H20FN3O2/c1-27-19-9-6-17(7-10-19)25-21(26)20-11-8-18(14-24-20)23-13-12-15-2-4-16(22)5-3-15/h2-11,14,23H,12-13H2,1H3,(H,25,26). The average Bonchev–Trinajstić information content (AvgIpc) is 2.70. The lowest BCUT2D eigenvalue weighted by molar-refractivity contribution is 0.102. The summed E-state index contributed by atoms with van der Waals surface area (Å²) in [4.78, 5) is 16.4. The van der Waals surface area contributed by atoms with Gasteiger partial charge in [-0.25, -0.2) is 9.37 Å². The van der Waals surface area contributed by atoms with Crippen LogP contribution in [0.2, 0.25) is 0 Å². The summed E-state index contributed by atoms with van der Waals surface area (Å²) in [5, 5.41) is 6.02. The molecule has 3 aromatic rings. The number of methoxy groups -OCH3 is 1. The quantitative estimate of drug-likeness (QED) is 0.661. The number of ether oxygens (including phenoxy) is 1. The van der Waals surface area contributed by atoms with E-state index in [1.165, 1.54) is 12.1 Å². The lowest BCUT2D eigenvalue weighted by Crippen LogP contribution is -2.14. The molecule has 2 N–H and O–H groups in total. The van der Waals surface area contributed by atoms with Crippen LogP contribution in [-0.4, -0.2) is 24.5 Å². The van der Waals surface area contributed by atoms with E-state index in [-0.39, 0.29) is 11.7 Å². The SMILES string of the molecule is COc1ccc(NC(=O)c2ccc(NCCc3ccc(F)cc3)cn2)cc1. The summed E-state index contributed by atoms with van der Waals surface area (Å²) in [6.45, 7) is 0.685. The zero-order valence-corrected chi connectivity index (χ0v) is 14.9. The van der Waals surface area contributed by atoms with Gasteiger partial charge in [0.15, 0.2) is 0 Å². The highest BCUT2D eigenvalue weighted by Gasteiger charge is 2.08. The summed E-state index contributed by atoms with van der Waals surface area (Å²) in [5.41, 5.74) is 2.87. The number of aromatic nitrogens is 1. The molecule has 6 heteroatoms. The van der Waals surface area contributed by atoms with Crippen LogP contribution in [-0.2, 0) is 6.42 Å². The van der Waals surface area contributed by atoms with Gasteiger partial charge in [-0.2, -0.15) is 0 Å². The molecule has 138 valence electrons. The molecule has 0 saturated heterocycles. The number of hydrogen-bond donors (Lipinski definition) is 2. The van der Waals surface area contributed by atoms with Gasteiger partial charge in [-0.05, 0) is 60.5 Å². The summed E-state index contributed by atoms with van der Waals surface area (Å²) in [6.07, 6.45) is 2.38. The molecule has 2 aromatic carbocycles. The molecule has 5 nitrogen and oxygen atoms in total. The van der Waals surface area contributed by atoms with E-state index < -0.39 is 0 Å². The Morgan fingerprint density at radius 3 is 2.33 bits per heavy atom. The summed E-state index contributed by atoms with van der Waals surface area (Å²) >= 11 is 0. The number of pyridine rings is 1. The molecular weight excluding hydrogens is 345 g/mol. The predicted octanol–water partition coefficient (Wildman–Crippen LogP) is 4.14. The van der Waals surface area contributed by atoms with Gasteiger partial charge in [-0.15, -0.1) is 0 Å². The fourth-order valence-corrected chi connectivity index (χ4v) is 2.50. The minimum Gasteiger partial charge on any atom is -0.497 e. The smallest absolute Gasteiger partial charge is 0.274 e. The maximum Gasteiger partial charge on any atom is 0.274 e. The minimum atomic E-state index is -0.280. The molecule has 1 amide bonds. The van der Waals surface area contributed by atoms with Crippen LogP contribution in [0.5, 0.6) is 5.75 Å². The molecule has 0 fully saturated rings. The van der Waals surface area contributed by atoms with E-state index in [2.05, 4.69) is 15.6 Å². The van der Waals surface area contributed by atoms with Crippen LogP contribution in [0.3, 0.4) is 0 Å². The van der Waals surface area contributed by atoms with Crippen LogP contribution in [0.1, 0.15) is 16.1 Å². The van der Waals surface area contributed by atoms with E-state index in [1.54, 1.807) is 61.8 Å². The highest BCUT2D eigenvalue weighted by molar-refractivity contribution is 6.02. The second kappa shape index (κ2) is 8.80. The molecule has 0 spiro atoms. The third-order valence-corrected chi connectivity index (χ3v) is 4.00. The van der Waals surface area contributed by atoms with Crippen LogP contribution >= 0.6 is 0 Å². The van der Waals surface area contributed by atoms with E-state index >= 15 is 0 Å². The first-order chi connectivity index (χ1) is 13.1. The van der Waals surface area contributed by atoms with Gasteiger partial charge in [0.2, 0.25) is 0 Å². The molecule has 0 aliphatic heterocycles. The summed E-state index contributed by atoms with van der Waals surface area (Å²) in [6, 6.07) is 17.0. The molecule has 1 aromatic heterocycles. The van der Waals surface area contributed by atoms with Crippen molar-refractivity contribution < 1.29 is 13.9 Å². The number of benzene rings is 2. The zero-order valence-electron chi connectivity index (χ0n) is 14.9. The van der Waals surface area contributed by atoms with Crippen molar-refractivity contribution in [3.63, 3.8) is 0 Å². The Morgan fingerprint density at radius 1 is 1.00 bits per heavy atom. The normalized spacial score (nSPS) is 10.3. The first-order valence-corrected chi connectivity index (χ1v) is 8.54. The molecular formula is C21H20FN3O2. The Morgan fingerprint density at radius 2 is 1.70 bits per heavy atom. The number of hydrogen-bond acceptors (Lipinski definition) is 4. The molecule has 0 saturated carbocycles. The third kappa shape index (κ3) is 5.28. The van der Waals surface area contributed by atoms with Gasteiger partial charge in [-0.1, -0.05) is 12.1 Å². The molecule has 0 bridgehead atoms. The lowest BCUT2D eigenvalue weighted by Gasteiger charge is -2.08. The second-order valence-corrected chi connectivity index (χ2v) is 5.92. The summed E-state index contributed by atoms with van der Waals surface area (Å²) in [5.74, 6) is 0.208. The largest absolute Gasteiger partial charge is 0.497 e. The number of anilines is 2. The van der Waals surface area contributed by atoms with E-state index in [0.717, 1.165) is 23.4 Å². The van der Waals surface area contributed by atoms with Gasteiger partial charge in [0.1, 0.15) is 17.3 Å². The predicted molar refractivity (Wildman–Crippen MR) is 104 cm³/mol. The maximum atomic E-state index is 12.9. The van der Waals surface area contributed by atoms with Gasteiger partial charge in [0, 0.05) is 12.2 Å². The molecule has 0 unspecified atom stereocenters. The number of halogens is 1. The third-order valence-electron chi connectivity index (χ3n) is 4.00. The fraction of sp³-hybridized carbons (Fsp3) is 0.143. The monoisotopic (exact) mass is 365 g/mol. The Kier molecular flexibility index (Phi) is 5.99. The van der Waals surface area contributed by atoms with Crippen molar-refractivity contribution >= 4 is 17.3 Å². The number of rotatable bonds is 7. The van der Waals surface area contributed by atoms with Crippen LogP contribution < -0.4 is 15.4 Å². The summed E-state index contributed by atoms with van der Waals surface area (Å²) in [7, 11) is 1.59. The topological polar surface area (TPSA) is 63.2 Å². The molecule has 27 heavy (non-hydrogen) atoms. The Bertz CT molecular complexity index is 879. The van der Waals surface area contributed by atoms with Gasteiger partial charge in [-0.3, -0.25) is 4.79 Å². The van der Waals surface area contributed by atoms with E-state index in [9.17, 15) is 9.18 Å². The van der Waals surface area contributed by atoms with Gasteiger partial charge >= 0.3 is 0 Å². The Hall–Kier alpha value is -3.41. The maximum absolute atomic E-state index is 12.9. The highest BCUT2D eigenvalue weighted by atomic mass is 19.1. The van der Waals surface area contributed by atoms with E-state index in [4.69, 9.17) is 4.74 Å². The van der Waals surface area contributed by atoms with Crippen molar-refractivity contribution in [1.29, 1.82) is 0 Å². The first kappa shape index (κ1) is 18.4. The van der Waals surface area contributed by atoms with Crippen molar-refractivity contribution in [1.82, 2.24) is 4.98 Å². The molecule has 0 aliphatic carbocycles. The summed E-state index contributed by atoms with van der Waals surface area (Å²) < 4.78 is 18.0. The number of nitrogens with zero attached hydrogens (tertiary/aromatic N) is 1. The number of carbonyl (C=O) groups excluding carboxylic acids is 1. The van der Waals surface area contributed by atoms with Crippen LogP contribution in [0.25, 0.3) is 0 Å². The average molecular weight is 365 g/mol. The van der Waals surface area contributed by atoms with Gasteiger partial charge in [0.05, 0.1) is 19.0 Å². The Labute approximate surface area is 157 Å². The molecule has 0 aliphatic rings. The van der Waals surface area contributed by atoms with E-state index in [0.29, 0.717) is 17.9 Å². The van der Waals surface area contributed by atoms with Crippen molar-refractivity contribution in [2.45, 2.75) is 6.42 Å². The molecule has 3 rings (SSSR count). The van der Waals surface area contributed by atoms with Crippen molar-refractivity contribution in [3.8, 4) is 5.75 Å². The zero-order chi connectivity index (χ0) is 19.1. The fourth-order valence-electron chi connectivity index (χ4n) is 2.50. The lowest BCUT2D eigenvalue weighted by atomic mass is 10.1. The minimum absolute atomic E-state index is 0.237. The number of nitrogens with one attached hydrogen (secondary N) is 2. The van der Waals surface area contributed by atoms with Crippen molar-refractivity contribution in [2.75, 3.05) is 24.3 Å². The molecule has 0 atom stereocenters. The van der Waals surface area contributed by atoms with Crippen LogP contribution in [0.4, 0.5) is 15.8 Å². The van der Waals surface area contributed by atoms with Crippen LogP contribution in [0.15, 0.2) is 66.9 Å². The second-order valence-electron chi connectivity index (χ2n) is 5.92. The molecule has 1 heterocycles. The van der Waals surface area contributed by atoms with Crippen molar-refractivity contribution in [2.24, 2.45) is 0 Å². The highest BCUT2D eigenvalue weighted by Crippen LogP contribution is 2.16.